The molecule has 0 aromatic heterocycles. The minimum atomic E-state index is -0.821. The Morgan fingerprint density at radius 3 is 2.44 bits per heavy atom. The summed E-state index contributed by atoms with van der Waals surface area (Å²) in [4.78, 5) is 12.3. The Bertz CT molecular complexity index is 283. The highest BCUT2D eigenvalue weighted by molar-refractivity contribution is 5.65. The van der Waals surface area contributed by atoms with Gasteiger partial charge in [-0.1, -0.05) is 0 Å². The molecule has 0 bridgehead atoms. The first-order valence-electron chi connectivity index (χ1n) is 5.81. The molecule has 0 radical (unpaired) electrons. The summed E-state index contributed by atoms with van der Waals surface area (Å²) in [7, 11) is 0. The molecular weight excluding hydrogens is 208 g/mol. The Balaban J connectivity index is 1.98. The molecule has 0 aromatic carbocycles. The van der Waals surface area contributed by atoms with Gasteiger partial charge in [0.15, 0.2) is 0 Å². The van der Waals surface area contributed by atoms with Crippen LogP contribution in [0.25, 0.3) is 0 Å². The van der Waals surface area contributed by atoms with Crippen molar-refractivity contribution in [3.8, 4) is 0 Å². The van der Waals surface area contributed by atoms with Crippen LogP contribution in [0.3, 0.4) is 0 Å². The molecule has 0 aromatic rings. The zero-order valence-corrected chi connectivity index (χ0v) is 9.95. The molecule has 2 rings (SSSR count). The number of likely N-dealkylation sites (tertiary alicyclic amines) is 1. The number of piperidine rings is 1. The maximum Gasteiger partial charge on any atom is 0.407 e. The lowest BCUT2D eigenvalue weighted by atomic mass is 9.88. The Morgan fingerprint density at radius 2 is 1.94 bits per heavy atom. The number of nitrogens with zero attached hydrogens (tertiary/aromatic N) is 1. The van der Waals surface area contributed by atoms with E-state index >= 15 is 0 Å². The van der Waals surface area contributed by atoms with E-state index in [4.69, 9.17) is 9.84 Å². The van der Waals surface area contributed by atoms with Gasteiger partial charge in [0, 0.05) is 26.2 Å². The molecule has 2 fully saturated rings. The number of nitrogens with one attached hydrogen (secondary N) is 1. The second kappa shape index (κ2) is 3.89. The average Bonchev–Trinajstić information content (AvgIpc) is 2.16. The number of rotatable bonds is 0. The van der Waals surface area contributed by atoms with Crippen molar-refractivity contribution in [2.75, 3.05) is 26.2 Å². The van der Waals surface area contributed by atoms with Crippen LogP contribution in [0.2, 0.25) is 0 Å². The standard InChI is InChI=1S/C11H20N2O3/c1-10(2)7-12-8-11(16-10)3-5-13(6-4-11)9(14)15/h12H,3-8H2,1-2H3,(H,14,15). The van der Waals surface area contributed by atoms with E-state index in [1.165, 1.54) is 4.90 Å². The summed E-state index contributed by atoms with van der Waals surface area (Å²) in [6.07, 6.45) is 0.753. The molecule has 2 aliphatic rings. The van der Waals surface area contributed by atoms with E-state index in [1.807, 2.05) is 0 Å². The molecule has 2 saturated heterocycles. The van der Waals surface area contributed by atoms with Crippen molar-refractivity contribution >= 4 is 6.09 Å². The topological polar surface area (TPSA) is 61.8 Å². The molecule has 2 aliphatic heterocycles. The van der Waals surface area contributed by atoms with Crippen LogP contribution in [-0.4, -0.2) is 53.5 Å². The number of carboxylic acid groups (broad SMARTS) is 1. The Morgan fingerprint density at radius 1 is 1.31 bits per heavy atom. The van der Waals surface area contributed by atoms with Crippen molar-refractivity contribution in [2.24, 2.45) is 0 Å². The van der Waals surface area contributed by atoms with E-state index in [9.17, 15) is 4.79 Å². The lowest BCUT2D eigenvalue weighted by Crippen LogP contribution is -2.61. The zero-order valence-electron chi connectivity index (χ0n) is 9.95. The summed E-state index contributed by atoms with van der Waals surface area (Å²) in [5, 5.41) is 12.3. The number of amides is 1. The number of carbonyl (C=O) groups is 1. The van der Waals surface area contributed by atoms with Gasteiger partial charge in [-0.2, -0.15) is 0 Å². The number of hydrogen-bond donors (Lipinski definition) is 2. The third kappa shape index (κ3) is 2.30. The zero-order chi connectivity index (χ0) is 11.8. The molecular formula is C11H20N2O3. The molecule has 16 heavy (non-hydrogen) atoms. The highest BCUT2D eigenvalue weighted by atomic mass is 16.5. The molecule has 2 N–H and O–H groups in total. The fourth-order valence-electron chi connectivity index (χ4n) is 2.63. The molecule has 0 saturated carbocycles. The van der Waals surface area contributed by atoms with E-state index in [1.54, 1.807) is 0 Å². The van der Waals surface area contributed by atoms with E-state index in [-0.39, 0.29) is 11.2 Å². The van der Waals surface area contributed by atoms with Gasteiger partial charge >= 0.3 is 6.09 Å². The monoisotopic (exact) mass is 228 g/mol. The first-order chi connectivity index (χ1) is 7.43. The van der Waals surface area contributed by atoms with Crippen molar-refractivity contribution in [3.05, 3.63) is 0 Å². The van der Waals surface area contributed by atoms with Gasteiger partial charge in [0.05, 0.1) is 11.2 Å². The summed E-state index contributed by atoms with van der Waals surface area (Å²) >= 11 is 0. The van der Waals surface area contributed by atoms with E-state index < -0.39 is 6.09 Å². The molecule has 2 heterocycles. The third-order valence-corrected chi connectivity index (χ3v) is 3.44. The Hall–Kier alpha value is -0.810. The summed E-state index contributed by atoms with van der Waals surface area (Å²) in [6, 6.07) is 0. The van der Waals surface area contributed by atoms with Gasteiger partial charge in [-0.25, -0.2) is 4.79 Å². The third-order valence-electron chi connectivity index (χ3n) is 3.44. The summed E-state index contributed by atoms with van der Waals surface area (Å²) in [6.45, 7) is 7.00. The van der Waals surface area contributed by atoms with Crippen LogP contribution in [0.4, 0.5) is 4.79 Å². The smallest absolute Gasteiger partial charge is 0.407 e. The number of hydrogen-bond acceptors (Lipinski definition) is 3. The maximum atomic E-state index is 10.8. The summed E-state index contributed by atoms with van der Waals surface area (Å²) in [5.74, 6) is 0. The van der Waals surface area contributed by atoms with Gasteiger partial charge < -0.3 is 20.1 Å². The molecule has 5 nitrogen and oxygen atoms in total. The first-order valence-corrected chi connectivity index (χ1v) is 5.81. The quantitative estimate of drug-likeness (QED) is 0.646. The van der Waals surface area contributed by atoms with Crippen molar-refractivity contribution in [2.45, 2.75) is 37.9 Å². The lowest BCUT2D eigenvalue weighted by Gasteiger charge is -2.49. The van der Waals surface area contributed by atoms with Crippen molar-refractivity contribution in [1.29, 1.82) is 0 Å². The fraction of sp³-hybridized carbons (Fsp3) is 0.909. The molecule has 1 spiro atoms. The molecule has 1 amide bonds. The molecule has 92 valence electrons. The summed E-state index contributed by atoms with van der Waals surface area (Å²) in [5.41, 5.74) is -0.308. The highest BCUT2D eigenvalue weighted by Gasteiger charge is 2.43. The van der Waals surface area contributed by atoms with Gasteiger partial charge in [0.2, 0.25) is 0 Å². The van der Waals surface area contributed by atoms with E-state index in [0.717, 1.165) is 25.9 Å². The van der Waals surface area contributed by atoms with Gasteiger partial charge in [0.25, 0.3) is 0 Å². The number of morpholine rings is 1. The molecule has 5 heteroatoms. The van der Waals surface area contributed by atoms with Gasteiger partial charge in [-0.15, -0.1) is 0 Å². The molecule has 0 aliphatic carbocycles. The van der Waals surface area contributed by atoms with Crippen LogP contribution in [0.15, 0.2) is 0 Å². The fourth-order valence-corrected chi connectivity index (χ4v) is 2.63. The largest absolute Gasteiger partial charge is 0.465 e. The first kappa shape index (κ1) is 11.7. The van der Waals surface area contributed by atoms with Gasteiger partial charge in [0.1, 0.15) is 0 Å². The maximum absolute atomic E-state index is 10.8. The van der Waals surface area contributed by atoms with Crippen molar-refractivity contribution in [1.82, 2.24) is 10.2 Å². The van der Waals surface area contributed by atoms with Crippen LogP contribution < -0.4 is 5.32 Å². The molecule has 0 unspecified atom stereocenters. The Labute approximate surface area is 95.8 Å². The predicted octanol–water partition coefficient (Wildman–Crippen LogP) is 0.897. The SMILES string of the molecule is CC1(C)CNCC2(CCN(C(=O)O)CC2)O1. The van der Waals surface area contributed by atoms with E-state index in [0.29, 0.717) is 13.1 Å². The van der Waals surface area contributed by atoms with Crippen LogP contribution in [0, 0.1) is 0 Å². The van der Waals surface area contributed by atoms with Gasteiger partial charge in [-0.3, -0.25) is 0 Å². The summed E-state index contributed by atoms with van der Waals surface area (Å²) < 4.78 is 6.15. The van der Waals surface area contributed by atoms with Crippen molar-refractivity contribution < 1.29 is 14.6 Å². The van der Waals surface area contributed by atoms with Crippen molar-refractivity contribution in [3.63, 3.8) is 0 Å². The van der Waals surface area contributed by atoms with E-state index in [2.05, 4.69) is 19.2 Å². The average molecular weight is 228 g/mol. The second-order valence-electron chi connectivity index (χ2n) is 5.42. The van der Waals surface area contributed by atoms with Gasteiger partial charge in [-0.05, 0) is 26.7 Å². The molecule has 0 atom stereocenters. The Kier molecular flexibility index (Phi) is 2.84. The lowest BCUT2D eigenvalue weighted by molar-refractivity contribution is -0.179. The van der Waals surface area contributed by atoms with Crippen LogP contribution in [0.5, 0.6) is 0 Å². The predicted molar refractivity (Wildman–Crippen MR) is 59.6 cm³/mol. The van der Waals surface area contributed by atoms with Crippen LogP contribution in [-0.2, 0) is 4.74 Å². The van der Waals surface area contributed by atoms with Crippen LogP contribution >= 0.6 is 0 Å². The normalized spacial score (nSPS) is 28.0. The minimum absolute atomic E-state index is 0.149. The minimum Gasteiger partial charge on any atom is -0.465 e. The number of ether oxygens (including phenoxy) is 1. The second-order valence-corrected chi connectivity index (χ2v) is 5.42. The van der Waals surface area contributed by atoms with Crippen LogP contribution in [0.1, 0.15) is 26.7 Å². The highest BCUT2D eigenvalue weighted by Crippen LogP contribution is 2.33.